The highest BCUT2D eigenvalue weighted by molar-refractivity contribution is 6.30. The predicted molar refractivity (Wildman–Crippen MR) is 72.5 cm³/mol. The SMILES string of the molecule is CCOC(=O)OC1(CCOCc2ccc(Cl)cc2)CO1. The number of benzene rings is 1. The van der Waals surface area contributed by atoms with Crippen molar-refractivity contribution in [1.29, 1.82) is 0 Å². The van der Waals surface area contributed by atoms with Gasteiger partial charge in [0.1, 0.15) is 6.61 Å². The smallest absolute Gasteiger partial charge is 0.435 e. The summed E-state index contributed by atoms with van der Waals surface area (Å²) < 4.78 is 20.5. The molecule has 1 unspecified atom stereocenters. The Bertz CT molecular complexity index is 441. The van der Waals surface area contributed by atoms with E-state index in [4.69, 9.17) is 30.5 Å². The van der Waals surface area contributed by atoms with E-state index in [9.17, 15) is 4.79 Å². The van der Waals surface area contributed by atoms with Crippen molar-refractivity contribution in [2.45, 2.75) is 25.7 Å². The lowest BCUT2D eigenvalue weighted by molar-refractivity contribution is -0.0502. The molecule has 1 heterocycles. The molecule has 1 aliphatic rings. The Morgan fingerprint density at radius 2 is 2.10 bits per heavy atom. The number of epoxide rings is 1. The summed E-state index contributed by atoms with van der Waals surface area (Å²) in [4.78, 5) is 11.2. The third-order valence-electron chi connectivity index (χ3n) is 2.81. The maximum Gasteiger partial charge on any atom is 0.510 e. The van der Waals surface area contributed by atoms with Gasteiger partial charge in [0.15, 0.2) is 0 Å². The third kappa shape index (κ3) is 4.67. The van der Waals surface area contributed by atoms with Gasteiger partial charge in [0.25, 0.3) is 0 Å². The van der Waals surface area contributed by atoms with Gasteiger partial charge in [-0.2, -0.15) is 0 Å². The van der Waals surface area contributed by atoms with Crippen molar-refractivity contribution in [1.82, 2.24) is 0 Å². The molecule has 1 aromatic carbocycles. The summed E-state index contributed by atoms with van der Waals surface area (Å²) >= 11 is 5.80. The molecule has 0 saturated carbocycles. The van der Waals surface area contributed by atoms with Gasteiger partial charge in [-0.15, -0.1) is 0 Å². The van der Waals surface area contributed by atoms with E-state index in [0.29, 0.717) is 31.3 Å². The normalized spacial score (nSPS) is 20.5. The number of carbonyl (C=O) groups is 1. The van der Waals surface area contributed by atoms with Crippen LogP contribution in [0.3, 0.4) is 0 Å². The van der Waals surface area contributed by atoms with Gasteiger partial charge in [0, 0.05) is 11.4 Å². The zero-order valence-corrected chi connectivity index (χ0v) is 12.0. The van der Waals surface area contributed by atoms with E-state index in [2.05, 4.69) is 0 Å². The van der Waals surface area contributed by atoms with Crippen LogP contribution in [0.4, 0.5) is 4.79 Å². The van der Waals surface area contributed by atoms with Crippen LogP contribution in [0, 0.1) is 0 Å². The van der Waals surface area contributed by atoms with Crippen molar-refractivity contribution in [3.8, 4) is 0 Å². The molecular formula is C14H17ClO5. The van der Waals surface area contributed by atoms with Crippen LogP contribution in [-0.4, -0.2) is 31.8 Å². The van der Waals surface area contributed by atoms with Gasteiger partial charge in [-0.3, -0.25) is 0 Å². The second kappa shape index (κ2) is 6.92. The van der Waals surface area contributed by atoms with Gasteiger partial charge in [-0.05, 0) is 24.6 Å². The minimum absolute atomic E-state index is 0.280. The molecule has 0 aromatic heterocycles. The number of ether oxygens (including phenoxy) is 4. The van der Waals surface area contributed by atoms with E-state index in [1.165, 1.54) is 0 Å². The zero-order valence-electron chi connectivity index (χ0n) is 11.3. The quantitative estimate of drug-likeness (QED) is 0.440. The van der Waals surface area contributed by atoms with E-state index in [1.54, 1.807) is 6.92 Å². The maximum atomic E-state index is 11.2. The van der Waals surface area contributed by atoms with Gasteiger partial charge in [0.05, 0.1) is 19.8 Å². The summed E-state index contributed by atoms with van der Waals surface area (Å²) in [6.45, 7) is 3.30. The van der Waals surface area contributed by atoms with Crippen molar-refractivity contribution in [2.24, 2.45) is 0 Å². The van der Waals surface area contributed by atoms with Crippen molar-refractivity contribution >= 4 is 17.8 Å². The number of halogens is 1. The Balaban J connectivity index is 1.65. The van der Waals surface area contributed by atoms with Gasteiger partial charge in [-0.1, -0.05) is 23.7 Å². The van der Waals surface area contributed by atoms with E-state index < -0.39 is 11.9 Å². The second-order valence-corrected chi connectivity index (χ2v) is 4.85. The molecule has 0 bridgehead atoms. The monoisotopic (exact) mass is 300 g/mol. The van der Waals surface area contributed by atoms with Gasteiger partial charge >= 0.3 is 6.16 Å². The molecule has 2 rings (SSSR count). The van der Waals surface area contributed by atoms with Crippen LogP contribution < -0.4 is 0 Å². The summed E-state index contributed by atoms with van der Waals surface area (Å²) in [5, 5.41) is 0.696. The standard InChI is InChI=1S/C14H17ClO5/c1-2-18-13(16)20-14(10-19-14)7-8-17-9-11-3-5-12(15)6-4-11/h3-6H,2,7-10H2,1H3. The fourth-order valence-corrected chi connectivity index (χ4v) is 1.76. The first-order chi connectivity index (χ1) is 9.63. The first-order valence-corrected chi connectivity index (χ1v) is 6.83. The van der Waals surface area contributed by atoms with Gasteiger partial charge in [-0.25, -0.2) is 4.79 Å². The second-order valence-electron chi connectivity index (χ2n) is 4.41. The first-order valence-electron chi connectivity index (χ1n) is 6.45. The van der Waals surface area contributed by atoms with Crippen LogP contribution >= 0.6 is 11.6 Å². The van der Waals surface area contributed by atoms with E-state index in [-0.39, 0.29) is 6.61 Å². The minimum atomic E-state index is -0.855. The molecule has 1 aliphatic heterocycles. The van der Waals surface area contributed by atoms with Gasteiger partial charge in [0.2, 0.25) is 5.79 Å². The van der Waals surface area contributed by atoms with E-state index in [1.807, 2.05) is 24.3 Å². The molecule has 0 spiro atoms. The van der Waals surface area contributed by atoms with Crippen LogP contribution in [0.1, 0.15) is 18.9 Å². The Labute approximate surface area is 122 Å². The fraction of sp³-hybridized carbons (Fsp3) is 0.500. The van der Waals surface area contributed by atoms with E-state index in [0.717, 1.165) is 5.56 Å². The highest BCUT2D eigenvalue weighted by Crippen LogP contribution is 2.32. The molecule has 1 saturated heterocycles. The molecule has 6 heteroatoms. The van der Waals surface area contributed by atoms with Crippen molar-refractivity contribution in [2.75, 3.05) is 19.8 Å². The number of carbonyl (C=O) groups excluding carboxylic acids is 1. The minimum Gasteiger partial charge on any atom is -0.435 e. The Kier molecular flexibility index (Phi) is 5.23. The molecule has 20 heavy (non-hydrogen) atoms. The highest BCUT2D eigenvalue weighted by atomic mass is 35.5. The number of hydrogen-bond donors (Lipinski definition) is 0. The molecule has 1 aromatic rings. The molecule has 110 valence electrons. The summed E-state index contributed by atoms with van der Waals surface area (Å²) in [6, 6.07) is 7.44. The molecule has 0 N–H and O–H groups in total. The third-order valence-corrected chi connectivity index (χ3v) is 3.06. The van der Waals surface area contributed by atoms with Crippen LogP contribution in [-0.2, 0) is 25.6 Å². The molecule has 5 nitrogen and oxygen atoms in total. The van der Waals surface area contributed by atoms with Crippen molar-refractivity contribution in [3.63, 3.8) is 0 Å². The number of hydrogen-bond acceptors (Lipinski definition) is 5. The summed E-state index contributed by atoms with van der Waals surface area (Å²) in [5.74, 6) is -0.855. The number of rotatable bonds is 7. The molecular weight excluding hydrogens is 284 g/mol. The predicted octanol–water partition coefficient (Wildman–Crippen LogP) is 3.15. The maximum absolute atomic E-state index is 11.2. The zero-order chi connectivity index (χ0) is 14.4. The average molecular weight is 301 g/mol. The Morgan fingerprint density at radius 1 is 1.40 bits per heavy atom. The van der Waals surface area contributed by atoms with Crippen molar-refractivity contribution in [3.05, 3.63) is 34.9 Å². The van der Waals surface area contributed by atoms with Crippen LogP contribution in [0.15, 0.2) is 24.3 Å². The molecule has 0 aliphatic carbocycles. The molecule has 1 fully saturated rings. The fourth-order valence-electron chi connectivity index (χ4n) is 1.63. The largest absolute Gasteiger partial charge is 0.510 e. The topological polar surface area (TPSA) is 57.3 Å². The lowest BCUT2D eigenvalue weighted by atomic mass is 10.2. The lowest BCUT2D eigenvalue weighted by Crippen LogP contribution is -2.23. The lowest BCUT2D eigenvalue weighted by Gasteiger charge is -2.13. The van der Waals surface area contributed by atoms with Crippen LogP contribution in [0.2, 0.25) is 5.02 Å². The summed E-state index contributed by atoms with van der Waals surface area (Å²) in [6.07, 6.45) is -0.220. The summed E-state index contributed by atoms with van der Waals surface area (Å²) in [5.41, 5.74) is 1.03. The molecule has 0 radical (unpaired) electrons. The molecule has 0 amide bonds. The van der Waals surface area contributed by atoms with Crippen molar-refractivity contribution < 1.29 is 23.7 Å². The van der Waals surface area contributed by atoms with Gasteiger partial charge < -0.3 is 18.9 Å². The molecule has 1 atom stereocenters. The highest BCUT2D eigenvalue weighted by Gasteiger charge is 2.49. The first kappa shape index (κ1) is 15.1. The Hall–Kier alpha value is -1.30. The Morgan fingerprint density at radius 3 is 2.70 bits per heavy atom. The summed E-state index contributed by atoms with van der Waals surface area (Å²) in [7, 11) is 0. The average Bonchev–Trinajstić information content (AvgIpc) is 3.17. The van der Waals surface area contributed by atoms with Crippen LogP contribution in [0.5, 0.6) is 0 Å². The van der Waals surface area contributed by atoms with Crippen LogP contribution in [0.25, 0.3) is 0 Å². The van der Waals surface area contributed by atoms with E-state index >= 15 is 0 Å².